The van der Waals surface area contributed by atoms with E-state index in [1.54, 1.807) is 0 Å². The largest absolute Gasteiger partial charge is 0.381 e. The standard InChI is InChI=1S/C13H26N2O2/c1-3-17-9-6-12(16)15-13(10-14)7-4-11(2)5-8-13/h11H,3-10,14H2,1-2H3,(H,15,16). The second kappa shape index (κ2) is 6.97. The summed E-state index contributed by atoms with van der Waals surface area (Å²) in [5.41, 5.74) is 5.68. The van der Waals surface area contributed by atoms with Crippen molar-refractivity contribution in [2.45, 2.75) is 51.5 Å². The third-order valence-electron chi connectivity index (χ3n) is 3.70. The molecule has 0 aromatic heterocycles. The second-order valence-electron chi connectivity index (χ2n) is 5.16. The molecule has 0 heterocycles. The molecule has 1 amide bonds. The van der Waals surface area contributed by atoms with Gasteiger partial charge < -0.3 is 15.8 Å². The monoisotopic (exact) mass is 242 g/mol. The van der Waals surface area contributed by atoms with Crippen LogP contribution < -0.4 is 11.1 Å². The maximum absolute atomic E-state index is 11.8. The number of nitrogens with two attached hydrogens (primary N) is 1. The van der Waals surface area contributed by atoms with Crippen LogP contribution in [0.4, 0.5) is 0 Å². The number of hydrogen-bond acceptors (Lipinski definition) is 3. The van der Waals surface area contributed by atoms with Crippen LogP contribution in [0.1, 0.15) is 46.0 Å². The van der Waals surface area contributed by atoms with Crippen molar-refractivity contribution in [2.75, 3.05) is 19.8 Å². The van der Waals surface area contributed by atoms with E-state index < -0.39 is 0 Å². The molecule has 1 rings (SSSR count). The van der Waals surface area contributed by atoms with E-state index in [4.69, 9.17) is 10.5 Å². The van der Waals surface area contributed by atoms with E-state index in [1.165, 1.54) is 0 Å². The van der Waals surface area contributed by atoms with E-state index in [0.717, 1.165) is 31.6 Å². The molecule has 0 aromatic carbocycles. The molecule has 4 nitrogen and oxygen atoms in total. The molecule has 0 spiro atoms. The zero-order valence-corrected chi connectivity index (χ0v) is 11.1. The van der Waals surface area contributed by atoms with Gasteiger partial charge in [0.05, 0.1) is 12.1 Å². The van der Waals surface area contributed by atoms with Crippen LogP contribution in [0.5, 0.6) is 0 Å². The summed E-state index contributed by atoms with van der Waals surface area (Å²) in [6.45, 7) is 5.89. The highest BCUT2D eigenvalue weighted by molar-refractivity contribution is 5.77. The van der Waals surface area contributed by atoms with Crippen LogP contribution in [0.15, 0.2) is 0 Å². The van der Waals surface area contributed by atoms with Gasteiger partial charge in [0.25, 0.3) is 0 Å². The first-order valence-corrected chi connectivity index (χ1v) is 6.70. The normalized spacial score (nSPS) is 29.0. The van der Waals surface area contributed by atoms with Gasteiger partial charge in [0, 0.05) is 19.6 Å². The van der Waals surface area contributed by atoms with Gasteiger partial charge in [-0.1, -0.05) is 6.92 Å². The molecule has 0 saturated heterocycles. The van der Waals surface area contributed by atoms with Gasteiger partial charge in [-0.05, 0) is 38.5 Å². The summed E-state index contributed by atoms with van der Waals surface area (Å²) in [6.07, 6.45) is 4.76. The quantitative estimate of drug-likeness (QED) is 0.693. The molecule has 0 atom stereocenters. The van der Waals surface area contributed by atoms with Crippen LogP contribution in [0.2, 0.25) is 0 Å². The van der Waals surface area contributed by atoms with Crippen molar-refractivity contribution in [1.82, 2.24) is 5.32 Å². The highest BCUT2D eigenvalue weighted by atomic mass is 16.5. The Labute approximate surface area is 104 Å². The number of ether oxygens (including phenoxy) is 1. The summed E-state index contributed by atoms with van der Waals surface area (Å²) in [6, 6.07) is 0. The Balaban J connectivity index is 2.37. The van der Waals surface area contributed by atoms with Crippen molar-refractivity contribution >= 4 is 5.91 Å². The van der Waals surface area contributed by atoms with E-state index in [0.29, 0.717) is 26.2 Å². The minimum Gasteiger partial charge on any atom is -0.381 e. The Bertz CT molecular complexity index is 236. The van der Waals surface area contributed by atoms with Gasteiger partial charge in [-0.3, -0.25) is 4.79 Å². The third kappa shape index (κ3) is 4.64. The van der Waals surface area contributed by atoms with Crippen LogP contribution in [0, 0.1) is 5.92 Å². The summed E-state index contributed by atoms with van der Waals surface area (Å²) in [4.78, 5) is 11.8. The number of amides is 1. The van der Waals surface area contributed by atoms with E-state index in [2.05, 4.69) is 12.2 Å². The summed E-state index contributed by atoms with van der Waals surface area (Å²) < 4.78 is 5.18. The van der Waals surface area contributed by atoms with Gasteiger partial charge in [-0.2, -0.15) is 0 Å². The Morgan fingerprint density at radius 2 is 2.12 bits per heavy atom. The molecule has 0 unspecified atom stereocenters. The molecule has 0 bridgehead atoms. The van der Waals surface area contributed by atoms with Crippen molar-refractivity contribution in [3.8, 4) is 0 Å². The van der Waals surface area contributed by atoms with Crippen LogP contribution in [0.3, 0.4) is 0 Å². The van der Waals surface area contributed by atoms with Crippen LogP contribution in [-0.2, 0) is 9.53 Å². The van der Waals surface area contributed by atoms with Gasteiger partial charge in [0.15, 0.2) is 0 Å². The van der Waals surface area contributed by atoms with Crippen molar-refractivity contribution < 1.29 is 9.53 Å². The summed E-state index contributed by atoms with van der Waals surface area (Å²) >= 11 is 0. The number of carbonyl (C=O) groups excluding carboxylic acids is 1. The van der Waals surface area contributed by atoms with Gasteiger partial charge in [0.1, 0.15) is 0 Å². The molecule has 4 heteroatoms. The van der Waals surface area contributed by atoms with E-state index in [-0.39, 0.29) is 11.4 Å². The third-order valence-corrected chi connectivity index (χ3v) is 3.70. The Morgan fingerprint density at radius 3 is 2.65 bits per heavy atom. The fourth-order valence-electron chi connectivity index (χ4n) is 2.36. The van der Waals surface area contributed by atoms with E-state index in [1.807, 2.05) is 6.92 Å². The minimum absolute atomic E-state index is 0.0680. The SMILES string of the molecule is CCOCCC(=O)NC1(CN)CCC(C)CC1. The number of rotatable bonds is 6. The van der Waals surface area contributed by atoms with Crippen LogP contribution in [0.25, 0.3) is 0 Å². The molecule has 1 fully saturated rings. The van der Waals surface area contributed by atoms with Crippen LogP contribution >= 0.6 is 0 Å². The highest BCUT2D eigenvalue weighted by Gasteiger charge is 2.33. The average Bonchev–Trinajstić information content (AvgIpc) is 2.33. The minimum atomic E-state index is -0.157. The molecule has 3 N–H and O–H groups in total. The van der Waals surface area contributed by atoms with E-state index >= 15 is 0 Å². The summed E-state index contributed by atoms with van der Waals surface area (Å²) in [5.74, 6) is 0.827. The molecule has 0 aliphatic heterocycles. The molecule has 1 aliphatic carbocycles. The van der Waals surface area contributed by atoms with Crippen molar-refractivity contribution in [2.24, 2.45) is 11.7 Å². The lowest BCUT2D eigenvalue weighted by Crippen LogP contribution is -2.55. The molecule has 100 valence electrons. The topological polar surface area (TPSA) is 64.3 Å². The molecule has 1 aliphatic rings. The van der Waals surface area contributed by atoms with E-state index in [9.17, 15) is 4.79 Å². The van der Waals surface area contributed by atoms with Gasteiger partial charge >= 0.3 is 0 Å². The maximum atomic E-state index is 11.8. The molecule has 1 saturated carbocycles. The first kappa shape index (κ1) is 14.5. The van der Waals surface area contributed by atoms with Gasteiger partial charge in [-0.25, -0.2) is 0 Å². The number of nitrogens with one attached hydrogen (secondary N) is 1. The van der Waals surface area contributed by atoms with Crippen molar-refractivity contribution in [3.05, 3.63) is 0 Å². The predicted molar refractivity (Wildman–Crippen MR) is 68.7 cm³/mol. The fraction of sp³-hybridized carbons (Fsp3) is 0.923. The zero-order chi connectivity index (χ0) is 12.7. The van der Waals surface area contributed by atoms with Gasteiger partial charge in [-0.15, -0.1) is 0 Å². The summed E-state index contributed by atoms with van der Waals surface area (Å²) in [5, 5.41) is 3.12. The molecular weight excluding hydrogens is 216 g/mol. The first-order chi connectivity index (χ1) is 8.12. The Morgan fingerprint density at radius 1 is 1.47 bits per heavy atom. The Hall–Kier alpha value is -0.610. The van der Waals surface area contributed by atoms with Gasteiger partial charge in [0.2, 0.25) is 5.91 Å². The van der Waals surface area contributed by atoms with Crippen molar-refractivity contribution in [1.29, 1.82) is 0 Å². The average molecular weight is 242 g/mol. The fourth-order valence-corrected chi connectivity index (χ4v) is 2.36. The maximum Gasteiger partial charge on any atom is 0.222 e. The van der Waals surface area contributed by atoms with Crippen molar-refractivity contribution in [3.63, 3.8) is 0 Å². The molecule has 0 radical (unpaired) electrons. The zero-order valence-electron chi connectivity index (χ0n) is 11.1. The van der Waals surface area contributed by atoms with Crippen LogP contribution in [-0.4, -0.2) is 31.2 Å². The highest BCUT2D eigenvalue weighted by Crippen LogP contribution is 2.31. The number of carbonyl (C=O) groups is 1. The smallest absolute Gasteiger partial charge is 0.222 e. The second-order valence-corrected chi connectivity index (χ2v) is 5.16. The Kier molecular flexibility index (Phi) is 5.92. The predicted octanol–water partition coefficient (Wildman–Crippen LogP) is 1.44. The molecule has 17 heavy (non-hydrogen) atoms. The lowest BCUT2D eigenvalue weighted by Gasteiger charge is -2.39. The lowest BCUT2D eigenvalue weighted by molar-refractivity contribution is -0.124. The molecule has 0 aromatic rings. The molecular formula is C13H26N2O2. The lowest BCUT2D eigenvalue weighted by atomic mass is 9.77. The summed E-state index contributed by atoms with van der Waals surface area (Å²) in [7, 11) is 0. The first-order valence-electron chi connectivity index (χ1n) is 6.70. The number of hydrogen-bond donors (Lipinski definition) is 2.